The van der Waals surface area contributed by atoms with E-state index >= 15 is 0 Å². The summed E-state index contributed by atoms with van der Waals surface area (Å²) < 4.78 is 11.4. The maximum Gasteiger partial charge on any atom is 0.311 e. The monoisotopic (exact) mass is 575 g/mol. The first-order valence-electron chi connectivity index (χ1n) is 14.6. The third-order valence-electron chi connectivity index (χ3n) is 8.51. The number of anilines is 4. The Morgan fingerprint density at radius 1 is 1.12 bits per heavy atom. The summed E-state index contributed by atoms with van der Waals surface area (Å²) in [5.74, 6) is 1.71. The molecule has 1 atom stereocenters. The molecule has 3 aromatic rings. The van der Waals surface area contributed by atoms with Crippen molar-refractivity contribution in [2.45, 2.75) is 51.1 Å². The number of hydrogen-bond acceptors (Lipinski definition) is 11. The van der Waals surface area contributed by atoms with Crippen LogP contribution in [-0.4, -0.2) is 101 Å². The van der Waals surface area contributed by atoms with Gasteiger partial charge in [0, 0.05) is 44.8 Å². The Labute approximate surface area is 244 Å². The van der Waals surface area contributed by atoms with Gasteiger partial charge in [0.25, 0.3) is 0 Å². The second-order valence-electron chi connectivity index (χ2n) is 11.1. The molecule has 1 unspecified atom stereocenters. The Morgan fingerprint density at radius 2 is 1.88 bits per heavy atom. The summed E-state index contributed by atoms with van der Waals surface area (Å²) in [6.07, 6.45) is 6.82. The van der Waals surface area contributed by atoms with Crippen LogP contribution in [0, 0.1) is 0 Å². The number of rotatable bonds is 7. The second kappa shape index (κ2) is 11.6. The number of ether oxygens (including phenoxy) is 1. The molecule has 1 saturated heterocycles. The van der Waals surface area contributed by atoms with Gasteiger partial charge in [0.05, 0.1) is 19.0 Å². The van der Waals surface area contributed by atoms with E-state index in [2.05, 4.69) is 30.3 Å². The molecular weight excluding hydrogens is 538 g/mol. The zero-order chi connectivity index (χ0) is 29.4. The van der Waals surface area contributed by atoms with E-state index in [1.54, 1.807) is 36.2 Å². The fraction of sp³-hybridized carbons (Fsp3) is 0.517. The number of nitrogens with zero attached hydrogens (tertiary/aromatic N) is 8. The van der Waals surface area contributed by atoms with E-state index in [4.69, 9.17) is 14.1 Å². The molecule has 0 bridgehead atoms. The summed E-state index contributed by atoms with van der Waals surface area (Å²) >= 11 is 0. The minimum absolute atomic E-state index is 0.0289. The predicted molar refractivity (Wildman–Crippen MR) is 157 cm³/mol. The standard InChI is InChI=1S/C29H37N9O4/c1-5-21-27(39)36(3)22-17-30-29(32-24(22)38(21)19-8-6-7-9-19)31-20-11-10-18(16-23(20)41-4)25-33-34-26(42-25)28(40)37-14-12-35(2)13-15-37/h10-11,16-17,19,21H,5-9,12-15H2,1-4H3,(H,30,31,32). The Bertz CT molecular complexity index is 1460. The van der Waals surface area contributed by atoms with Gasteiger partial charge in [-0.15, -0.1) is 10.2 Å². The van der Waals surface area contributed by atoms with E-state index in [1.807, 2.05) is 26.1 Å². The molecule has 0 spiro atoms. The Hall–Kier alpha value is -4.26. The van der Waals surface area contributed by atoms with Crippen molar-refractivity contribution in [1.29, 1.82) is 0 Å². The van der Waals surface area contributed by atoms with Gasteiger partial charge in [-0.3, -0.25) is 9.59 Å². The van der Waals surface area contributed by atoms with Crippen LogP contribution in [0.2, 0.25) is 0 Å². The fourth-order valence-electron chi connectivity index (χ4n) is 6.06. The number of methoxy groups -OCH3 is 1. The fourth-order valence-corrected chi connectivity index (χ4v) is 6.06. The number of fused-ring (bicyclic) bond motifs is 1. The Balaban J connectivity index is 1.24. The van der Waals surface area contributed by atoms with Crippen molar-refractivity contribution in [3.8, 4) is 17.2 Å². The molecule has 1 aromatic carbocycles. The number of carbonyl (C=O) groups is 2. The number of carbonyl (C=O) groups excluding carboxylic acids is 2. The second-order valence-corrected chi connectivity index (χ2v) is 11.1. The van der Waals surface area contributed by atoms with E-state index in [9.17, 15) is 9.59 Å². The van der Waals surface area contributed by atoms with Gasteiger partial charge < -0.3 is 34.1 Å². The van der Waals surface area contributed by atoms with Crippen molar-refractivity contribution in [2.24, 2.45) is 0 Å². The minimum atomic E-state index is -0.263. The summed E-state index contributed by atoms with van der Waals surface area (Å²) in [4.78, 5) is 43.3. The van der Waals surface area contributed by atoms with Crippen molar-refractivity contribution < 1.29 is 18.7 Å². The lowest BCUT2D eigenvalue weighted by molar-refractivity contribution is -0.120. The van der Waals surface area contributed by atoms with E-state index in [0.717, 1.165) is 44.6 Å². The van der Waals surface area contributed by atoms with Gasteiger partial charge in [-0.05, 0) is 44.5 Å². The van der Waals surface area contributed by atoms with Crippen molar-refractivity contribution >= 4 is 35.0 Å². The van der Waals surface area contributed by atoms with Gasteiger partial charge in [-0.2, -0.15) is 4.98 Å². The molecule has 222 valence electrons. The van der Waals surface area contributed by atoms with Crippen LogP contribution in [0.15, 0.2) is 28.8 Å². The zero-order valence-electron chi connectivity index (χ0n) is 24.5. The highest BCUT2D eigenvalue weighted by Gasteiger charge is 2.41. The molecule has 1 aliphatic carbocycles. The predicted octanol–water partition coefficient (Wildman–Crippen LogP) is 3.17. The highest BCUT2D eigenvalue weighted by molar-refractivity contribution is 6.04. The number of piperazine rings is 1. The van der Waals surface area contributed by atoms with Gasteiger partial charge in [0.2, 0.25) is 17.7 Å². The maximum atomic E-state index is 13.2. The number of nitrogens with one attached hydrogen (secondary N) is 1. The Morgan fingerprint density at radius 3 is 2.60 bits per heavy atom. The largest absolute Gasteiger partial charge is 0.495 e. The van der Waals surface area contributed by atoms with Crippen molar-refractivity contribution in [1.82, 2.24) is 30.0 Å². The molecule has 2 aromatic heterocycles. The highest BCUT2D eigenvalue weighted by atomic mass is 16.5. The molecule has 2 fully saturated rings. The first kappa shape index (κ1) is 27.9. The summed E-state index contributed by atoms with van der Waals surface area (Å²) in [6.45, 7) is 4.90. The molecule has 2 amide bonds. The molecule has 6 rings (SSSR count). The third kappa shape index (κ3) is 5.13. The van der Waals surface area contributed by atoms with Crippen molar-refractivity contribution in [3.05, 3.63) is 30.3 Å². The van der Waals surface area contributed by atoms with E-state index in [-0.39, 0.29) is 35.7 Å². The van der Waals surface area contributed by atoms with Crippen molar-refractivity contribution in [3.63, 3.8) is 0 Å². The van der Waals surface area contributed by atoms with Gasteiger partial charge in [-0.1, -0.05) is 19.8 Å². The van der Waals surface area contributed by atoms with Crippen LogP contribution >= 0.6 is 0 Å². The maximum absolute atomic E-state index is 13.2. The van der Waals surface area contributed by atoms with Gasteiger partial charge in [0.15, 0.2) is 5.82 Å². The number of likely N-dealkylation sites (N-methyl/N-ethyl adjacent to an activating group) is 2. The molecule has 3 aliphatic rings. The third-order valence-corrected chi connectivity index (χ3v) is 8.51. The van der Waals surface area contributed by atoms with Crippen LogP contribution in [0.3, 0.4) is 0 Å². The lowest BCUT2D eigenvalue weighted by Gasteiger charge is -2.43. The summed E-state index contributed by atoms with van der Waals surface area (Å²) in [5.41, 5.74) is 1.98. The zero-order valence-corrected chi connectivity index (χ0v) is 24.5. The topological polar surface area (TPSA) is 133 Å². The lowest BCUT2D eigenvalue weighted by Crippen LogP contribution is -2.55. The molecule has 13 heteroatoms. The molecule has 0 radical (unpaired) electrons. The van der Waals surface area contributed by atoms with E-state index in [1.165, 1.54) is 0 Å². The molecular formula is C29H37N9O4. The normalized spacial score (nSPS) is 19.8. The lowest BCUT2D eigenvalue weighted by atomic mass is 10.0. The quantitative estimate of drug-likeness (QED) is 0.445. The summed E-state index contributed by atoms with van der Waals surface area (Å²) in [6, 6.07) is 5.44. The summed E-state index contributed by atoms with van der Waals surface area (Å²) in [7, 11) is 5.39. The molecule has 2 aliphatic heterocycles. The molecule has 1 N–H and O–H groups in total. The molecule has 4 heterocycles. The van der Waals surface area contributed by atoms with Crippen LogP contribution in [0.1, 0.15) is 49.7 Å². The number of hydrogen-bond donors (Lipinski definition) is 1. The van der Waals surface area contributed by atoms with E-state index in [0.29, 0.717) is 48.1 Å². The number of benzene rings is 1. The van der Waals surface area contributed by atoms with Gasteiger partial charge >= 0.3 is 11.8 Å². The molecule has 42 heavy (non-hydrogen) atoms. The SMILES string of the molecule is CCC1C(=O)N(C)c2cnc(Nc3ccc(-c4nnc(C(=O)N5CCN(C)CC5)o4)cc3OC)nc2N1C1CCCC1. The average Bonchev–Trinajstić information content (AvgIpc) is 3.72. The molecule has 13 nitrogen and oxygen atoms in total. The number of aromatic nitrogens is 4. The van der Waals surface area contributed by atoms with Crippen LogP contribution in [0.4, 0.5) is 23.1 Å². The minimum Gasteiger partial charge on any atom is -0.495 e. The first-order valence-corrected chi connectivity index (χ1v) is 14.6. The van der Waals surface area contributed by atoms with Crippen LogP contribution in [0.25, 0.3) is 11.5 Å². The van der Waals surface area contributed by atoms with Gasteiger partial charge in [0.1, 0.15) is 17.5 Å². The van der Waals surface area contributed by atoms with Crippen molar-refractivity contribution in [2.75, 3.05) is 62.5 Å². The Kier molecular flexibility index (Phi) is 7.67. The van der Waals surface area contributed by atoms with E-state index < -0.39 is 0 Å². The average molecular weight is 576 g/mol. The smallest absolute Gasteiger partial charge is 0.311 e. The first-order chi connectivity index (χ1) is 20.4. The van der Waals surface area contributed by atoms with Crippen LogP contribution in [-0.2, 0) is 4.79 Å². The van der Waals surface area contributed by atoms with Crippen LogP contribution < -0.4 is 19.9 Å². The van der Waals surface area contributed by atoms with Crippen LogP contribution in [0.5, 0.6) is 5.75 Å². The number of amides is 2. The highest BCUT2D eigenvalue weighted by Crippen LogP contribution is 2.40. The molecule has 1 saturated carbocycles. The summed E-state index contributed by atoms with van der Waals surface area (Å²) in [5, 5.41) is 11.4. The van der Waals surface area contributed by atoms with Gasteiger partial charge in [-0.25, -0.2) is 4.98 Å².